The summed E-state index contributed by atoms with van der Waals surface area (Å²) in [7, 11) is 0. The van der Waals surface area contributed by atoms with Crippen LogP contribution >= 0.6 is 11.6 Å². The first-order valence-electron chi connectivity index (χ1n) is 10.3. The number of fused-ring (bicyclic) bond motifs is 1. The molecule has 0 unspecified atom stereocenters. The molecule has 0 aliphatic rings. The highest BCUT2D eigenvalue weighted by atomic mass is 35.5. The Labute approximate surface area is 202 Å². The Hall–Kier alpha value is -4.77. The van der Waals surface area contributed by atoms with Gasteiger partial charge in [0.2, 0.25) is 11.3 Å². The number of nitrogens with one attached hydrogen (secondary N) is 2. The van der Waals surface area contributed by atoms with Crippen molar-refractivity contribution in [3.8, 4) is 11.3 Å². The number of hydrazone groups is 1. The van der Waals surface area contributed by atoms with E-state index in [4.69, 9.17) is 20.6 Å². The molecule has 35 heavy (non-hydrogen) atoms. The number of carboxylic acids is 1. The van der Waals surface area contributed by atoms with Crippen LogP contribution in [0.1, 0.15) is 21.7 Å². The predicted octanol–water partition coefficient (Wildman–Crippen LogP) is 4.68. The molecule has 0 bridgehead atoms. The molecule has 0 saturated carbocycles. The van der Waals surface area contributed by atoms with Crippen molar-refractivity contribution in [1.29, 1.82) is 0 Å². The third kappa shape index (κ3) is 4.94. The number of carboxylic acid groups (broad SMARTS) is 1. The molecule has 12 heteroatoms. The molecule has 0 amide bonds. The summed E-state index contributed by atoms with van der Waals surface area (Å²) in [6.45, 7) is 0.506. The molecule has 11 nitrogen and oxygen atoms in total. The predicted molar refractivity (Wildman–Crippen MR) is 128 cm³/mol. The standard InChI is InChI=1S/C23H16ClN7O4/c24-17-8-6-14(10-16(17)23(32)33)18-9-7-15(34-18)12-26-29-20-19(25-11-13-4-2-1-3-5-13)27-21-22(28-20)31-35-30-21/h1-10,12H,11H2,(H,32,33)(H,25,27,30)(H,28,29,31). The molecule has 3 heterocycles. The molecule has 3 N–H and O–H groups in total. The van der Waals surface area contributed by atoms with Crippen molar-refractivity contribution in [3.63, 3.8) is 0 Å². The zero-order chi connectivity index (χ0) is 24.2. The van der Waals surface area contributed by atoms with E-state index in [-0.39, 0.29) is 21.9 Å². The summed E-state index contributed by atoms with van der Waals surface area (Å²) >= 11 is 5.94. The normalized spacial score (nSPS) is 11.2. The highest BCUT2D eigenvalue weighted by Gasteiger charge is 2.14. The second-order valence-corrected chi connectivity index (χ2v) is 7.65. The molecule has 5 aromatic rings. The molecule has 0 spiro atoms. The zero-order valence-electron chi connectivity index (χ0n) is 17.8. The molecule has 0 radical (unpaired) electrons. The number of hydrogen-bond acceptors (Lipinski definition) is 10. The fourth-order valence-corrected chi connectivity index (χ4v) is 3.40. The highest BCUT2D eigenvalue weighted by molar-refractivity contribution is 6.33. The van der Waals surface area contributed by atoms with Crippen molar-refractivity contribution in [3.05, 3.63) is 82.6 Å². The van der Waals surface area contributed by atoms with Crippen molar-refractivity contribution in [2.45, 2.75) is 6.54 Å². The number of aromatic nitrogens is 4. The molecular weight excluding hydrogens is 474 g/mol. The number of nitrogens with zero attached hydrogens (tertiary/aromatic N) is 5. The molecule has 0 fully saturated rings. The average molecular weight is 490 g/mol. The third-order valence-electron chi connectivity index (χ3n) is 4.89. The first-order chi connectivity index (χ1) is 17.1. The van der Waals surface area contributed by atoms with Gasteiger partial charge in [-0.1, -0.05) is 41.9 Å². The van der Waals surface area contributed by atoms with Gasteiger partial charge in [-0.15, -0.1) is 0 Å². The van der Waals surface area contributed by atoms with E-state index in [2.05, 4.69) is 36.1 Å². The average Bonchev–Trinajstić information content (AvgIpc) is 3.52. The largest absolute Gasteiger partial charge is 0.478 e. The van der Waals surface area contributed by atoms with Gasteiger partial charge in [0.25, 0.3) is 0 Å². The van der Waals surface area contributed by atoms with Crippen LogP contribution in [0.25, 0.3) is 22.6 Å². The van der Waals surface area contributed by atoms with Crippen molar-refractivity contribution >= 4 is 46.7 Å². The SMILES string of the molecule is O=C(O)c1cc(-c2ccc(C=NNc3nc4nonc4nc3NCc3ccccc3)o2)ccc1Cl. The molecular formula is C23H16ClN7O4. The van der Waals surface area contributed by atoms with Gasteiger partial charge in [0.15, 0.2) is 11.6 Å². The van der Waals surface area contributed by atoms with Gasteiger partial charge in [0, 0.05) is 12.1 Å². The van der Waals surface area contributed by atoms with Crippen LogP contribution in [0.2, 0.25) is 5.02 Å². The number of hydrogen-bond donors (Lipinski definition) is 3. The number of carbonyl (C=O) groups is 1. The number of rotatable bonds is 8. The van der Waals surface area contributed by atoms with Crippen LogP contribution in [0.4, 0.5) is 11.6 Å². The first kappa shape index (κ1) is 22.0. The maximum absolute atomic E-state index is 11.3. The Bertz CT molecular complexity index is 1530. The Morgan fingerprint density at radius 1 is 1.03 bits per heavy atom. The molecule has 174 valence electrons. The minimum Gasteiger partial charge on any atom is -0.478 e. The van der Waals surface area contributed by atoms with E-state index in [0.717, 1.165) is 5.56 Å². The highest BCUT2D eigenvalue weighted by Crippen LogP contribution is 2.27. The van der Waals surface area contributed by atoms with Crippen molar-refractivity contribution in [2.24, 2.45) is 5.10 Å². The van der Waals surface area contributed by atoms with Crippen molar-refractivity contribution in [1.82, 2.24) is 20.3 Å². The lowest BCUT2D eigenvalue weighted by atomic mass is 10.1. The maximum atomic E-state index is 11.3. The van der Waals surface area contributed by atoms with E-state index in [1.807, 2.05) is 30.3 Å². The van der Waals surface area contributed by atoms with E-state index in [1.165, 1.54) is 18.3 Å². The summed E-state index contributed by atoms with van der Waals surface area (Å²) in [6, 6.07) is 17.8. The minimum atomic E-state index is -1.12. The Morgan fingerprint density at radius 2 is 1.80 bits per heavy atom. The quantitative estimate of drug-likeness (QED) is 0.207. The number of halogens is 1. The Morgan fingerprint density at radius 3 is 2.57 bits per heavy atom. The second-order valence-electron chi connectivity index (χ2n) is 7.24. The van der Waals surface area contributed by atoms with Gasteiger partial charge in [-0.25, -0.2) is 14.4 Å². The van der Waals surface area contributed by atoms with E-state index >= 15 is 0 Å². The molecule has 0 saturated heterocycles. The number of aromatic carboxylic acids is 1. The Kier molecular flexibility index (Phi) is 6.05. The summed E-state index contributed by atoms with van der Waals surface area (Å²) in [5, 5.41) is 24.3. The molecule has 2 aromatic carbocycles. The maximum Gasteiger partial charge on any atom is 0.337 e. The van der Waals surface area contributed by atoms with Crippen molar-refractivity contribution < 1.29 is 18.9 Å². The van der Waals surface area contributed by atoms with E-state index in [9.17, 15) is 9.90 Å². The summed E-state index contributed by atoms with van der Waals surface area (Å²) in [4.78, 5) is 20.1. The smallest absolute Gasteiger partial charge is 0.337 e. The lowest BCUT2D eigenvalue weighted by Crippen LogP contribution is -2.06. The number of benzene rings is 2. The summed E-state index contributed by atoms with van der Waals surface area (Å²) < 4.78 is 10.5. The van der Waals surface area contributed by atoms with Gasteiger partial charge in [-0.3, -0.25) is 5.43 Å². The number of furan rings is 1. The van der Waals surface area contributed by atoms with Crippen LogP contribution < -0.4 is 10.7 Å². The molecule has 3 aromatic heterocycles. The van der Waals surface area contributed by atoms with Crippen LogP contribution in [0.5, 0.6) is 0 Å². The summed E-state index contributed by atoms with van der Waals surface area (Å²) in [5.74, 6) is 0.500. The molecule has 0 aliphatic heterocycles. The lowest BCUT2D eigenvalue weighted by molar-refractivity contribution is 0.0697. The molecule has 0 aliphatic carbocycles. The van der Waals surface area contributed by atoms with E-state index in [1.54, 1.807) is 18.2 Å². The molecule has 0 atom stereocenters. The first-order valence-corrected chi connectivity index (χ1v) is 10.6. The van der Waals surface area contributed by atoms with Crippen LogP contribution in [-0.2, 0) is 6.54 Å². The van der Waals surface area contributed by atoms with Crippen LogP contribution in [-0.4, -0.2) is 37.6 Å². The third-order valence-corrected chi connectivity index (χ3v) is 5.22. The van der Waals surface area contributed by atoms with E-state index in [0.29, 0.717) is 35.3 Å². The summed E-state index contributed by atoms with van der Waals surface area (Å²) in [5.41, 5.74) is 4.93. The van der Waals surface area contributed by atoms with Gasteiger partial charge >= 0.3 is 5.97 Å². The summed E-state index contributed by atoms with van der Waals surface area (Å²) in [6.07, 6.45) is 1.45. The van der Waals surface area contributed by atoms with Gasteiger partial charge in [0.05, 0.1) is 16.8 Å². The van der Waals surface area contributed by atoms with Crippen LogP contribution in [0.3, 0.4) is 0 Å². The molecule has 5 rings (SSSR count). The van der Waals surface area contributed by atoms with Crippen LogP contribution in [0.15, 0.2) is 74.8 Å². The van der Waals surface area contributed by atoms with E-state index < -0.39 is 5.97 Å². The topological polar surface area (TPSA) is 152 Å². The fraction of sp³-hybridized carbons (Fsp3) is 0.0435. The fourth-order valence-electron chi connectivity index (χ4n) is 3.20. The lowest BCUT2D eigenvalue weighted by Gasteiger charge is -2.09. The Balaban J connectivity index is 1.33. The van der Waals surface area contributed by atoms with Gasteiger partial charge in [-0.2, -0.15) is 10.1 Å². The monoisotopic (exact) mass is 489 g/mol. The zero-order valence-corrected chi connectivity index (χ0v) is 18.6. The van der Waals surface area contributed by atoms with Crippen molar-refractivity contribution in [2.75, 3.05) is 10.7 Å². The minimum absolute atomic E-state index is 0.00991. The van der Waals surface area contributed by atoms with Gasteiger partial charge in [-0.05, 0) is 46.2 Å². The van der Waals surface area contributed by atoms with Crippen LogP contribution in [0, 0.1) is 0 Å². The van der Waals surface area contributed by atoms with Gasteiger partial charge in [0.1, 0.15) is 11.5 Å². The second kappa shape index (κ2) is 9.61. The van der Waals surface area contributed by atoms with Gasteiger partial charge < -0.3 is 14.8 Å². The number of anilines is 2.